The first-order valence-corrected chi connectivity index (χ1v) is 6.75. The molecule has 0 heterocycles. The summed E-state index contributed by atoms with van der Waals surface area (Å²) in [6.45, 7) is 0. The molecule has 1 aliphatic carbocycles. The second kappa shape index (κ2) is 5.98. The Balaban J connectivity index is 2.60. The molecule has 0 aromatic heterocycles. The fourth-order valence-corrected chi connectivity index (χ4v) is 2.90. The van der Waals surface area contributed by atoms with Crippen LogP contribution in [0.1, 0.15) is 53.9 Å². The second-order valence-corrected chi connectivity index (χ2v) is 5.03. The van der Waals surface area contributed by atoms with Crippen molar-refractivity contribution in [3.05, 3.63) is 39.2 Å². The van der Waals surface area contributed by atoms with Crippen LogP contribution < -0.4 is 5.32 Å². The monoisotopic (exact) mass is 280 g/mol. The molecule has 1 aromatic carbocycles. The van der Waals surface area contributed by atoms with Crippen molar-refractivity contribution >= 4 is 11.6 Å². The van der Waals surface area contributed by atoms with Gasteiger partial charge in [0.25, 0.3) is 5.91 Å². The number of nitrogens with one attached hydrogen (secondary N) is 1. The fourth-order valence-electron chi connectivity index (χ4n) is 2.90. The largest absolute Gasteiger partial charge is 0.355 e. The van der Waals surface area contributed by atoms with Crippen LogP contribution in [0.15, 0.2) is 12.1 Å². The molecule has 0 radical (unpaired) electrons. The number of halogens is 1. The molecule has 0 bridgehead atoms. The SMILES string of the molecule is CNC(=O)c1ccc(F)c([N+](=O)[O-])c1C1CCCCC1. The summed E-state index contributed by atoms with van der Waals surface area (Å²) in [6, 6.07) is 2.33. The fraction of sp³-hybridized carbons (Fsp3) is 0.500. The molecule has 1 amide bonds. The van der Waals surface area contributed by atoms with E-state index in [0.717, 1.165) is 38.2 Å². The van der Waals surface area contributed by atoms with E-state index in [4.69, 9.17) is 0 Å². The molecule has 0 atom stereocenters. The Kier molecular flexibility index (Phi) is 4.32. The predicted molar refractivity (Wildman–Crippen MR) is 72.3 cm³/mol. The lowest BCUT2D eigenvalue weighted by molar-refractivity contribution is -0.388. The zero-order valence-electron chi connectivity index (χ0n) is 11.3. The van der Waals surface area contributed by atoms with Crippen molar-refractivity contribution in [1.29, 1.82) is 0 Å². The topological polar surface area (TPSA) is 72.2 Å². The van der Waals surface area contributed by atoms with Crippen molar-refractivity contribution < 1.29 is 14.1 Å². The molecule has 1 saturated carbocycles. The van der Waals surface area contributed by atoms with Gasteiger partial charge in [-0.1, -0.05) is 19.3 Å². The number of nitro benzene ring substituents is 1. The first kappa shape index (κ1) is 14.4. The van der Waals surface area contributed by atoms with E-state index in [2.05, 4.69) is 5.32 Å². The summed E-state index contributed by atoms with van der Waals surface area (Å²) in [7, 11) is 1.46. The van der Waals surface area contributed by atoms with Crippen LogP contribution in [0.25, 0.3) is 0 Å². The van der Waals surface area contributed by atoms with Crippen LogP contribution in [-0.4, -0.2) is 17.9 Å². The summed E-state index contributed by atoms with van der Waals surface area (Å²) in [5, 5.41) is 13.6. The molecule has 5 nitrogen and oxygen atoms in total. The van der Waals surface area contributed by atoms with Gasteiger partial charge in [0, 0.05) is 18.2 Å². The van der Waals surface area contributed by atoms with Crippen LogP contribution >= 0.6 is 0 Å². The molecule has 6 heteroatoms. The van der Waals surface area contributed by atoms with Crippen molar-refractivity contribution in [1.82, 2.24) is 5.32 Å². The minimum atomic E-state index is -0.872. The molecule has 0 unspecified atom stereocenters. The maximum Gasteiger partial charge on any atom is 0.309 e. The molecular weight excluding hydrogens is 263 g/mol. The molecule has 1 aromatic rings. The average molecular weight is 280 g/mol. The number of nitrogens with zero attached hydrogens (tertiary/aromatic N) is 1. The zero-order chi connectivity index (χ0) is 14.7. The number of rotatable bonds is 3. The minimum absolute atomic E-state index is 0.118. The van der Waals surface area contributed by atoms with Gasteiger partial charge in [0.15, 0.2) is 0 Å². The second-order valence-electron chi connectivity index (χ2n) is 5.03. The van der Waals surface area contributed by atoms with E-state index in [1.165, 1.54) is 13.1 Å². The van der Waals surface area contributed by atoms with Gasteiger partial charge < -0.3 is 5.32 Å². The zero-order valence-corrected chi connectivity index (χ0v) is 11.3. The Morgan fingerprint density at radius 1 is 1.35 bits per heavy atom. The van der Waals surface area contributed by atoms with E-state index in [9.17, 15) is 19.3 Å². The summed E-state index contributed by atoms with van der Waals surface area (Å²) in [5.74, 6) is -1.40. The number of carbonyl (C=O) groups is 1. The summed E-state index contributed by atoms with van der Waals surface area (Å²) >= 11 is 0. The maximum atomic E-state index is 13.8. The van der Waals surface area contributed by atoms with E-state index in [1.807, 2.05) is 0 Å². The maximum absolute atomic E-state index is 13.8. The number of hydrogen-bond acceptors (Lipinski definition) is 3. The number of benzene rings is 1. The summed E-state index contributed by atoms with van der Waals surface area (Å²) in [6.07, 6.45) is 4.49. The molecule has 2 rings (SSSR count). The third-order valence-corrected chi connectivity index (χ3v) is 3.84. The quantitative estimate of drug-likeness (QED) is 0.683. The van der Waals surface area contributed by atoms with Gasteiger partial charge in [-0.15, -0.1) is 0 Å². The van der Waals surface area contributed by atoms with Gasteiger partial charge >= 0.3 is 5.69 Å². The molecule has 20 heavy (non-hydrogen) atoms. The van der Waals surface area contributed by atoms with E-state index in [0.29, 0.717) is 0 Å². The van der Waals surface area contributed by atoms with E-state index in [1.54, 1.807) is 0 Å². The smallest absolute Gasteiger partial charge is 0.309 e. The van der Waals surface area contributed by atoms with Crippen LogP contribution in [-0.2, 0) is 0 Å². The van der Waals surface area contributed by atoms with E-state index < -0.39 is 22.3 Å². The third-order valence-electron chi connectivity index (χ3n) is 3.84. The molecule has 0 spiro atoms. The van der Waals surface area contributed by atoms with Crippen LogP contribution in [0.5, 0.6) is 0 Å². The highest BCUT2D eigenvalue weighted by molar-refractivity contribution is 5.96. The number of hydrogen-bond donors (Lipinski definition) is 1. The average Bonchev–Trinajstić information content (AvgIpc) is 2.46. The van der Waals surface area contributed by atoms with Gasteiger partial charge in [-0.25, -0.2) is 0 Å². The highest BCUT2D eigenvalue weighted by atomic mass is 19.1. The Bertz CT molecular complexity index is 539. The lowest BCUT2D eigenvalue weighted by Gasteiger charge is -2.23. The Morgan fingerprint density at radius 3 is 2.55 bits per heavy atom. The van der Waals surface area contributed by atoms with Crippen molar-refractivity contribution in [3.8, 4) is 0 Å². The van der Waals surface area contributed by atoms with E-state index >= 15 is 0 Å². The van der Waals surface area contributed by atoms with Crippen molar-refractivity contribution in [2.24, 2.45) is 0 Å². The molecule has 0 saturated heterocycles. The van der Waals surface area contributed by atoms with Crippen LogP contribution in [0.3, 0.4) is 0 Å². The van der Waals surface area contributed by atoms with E-state index in [-0.39, 0.29) is 17.0 Å². The van der Waals surface area contributed by atoms with Crippen molar-refractivity contribution in [2.75, 3.05) is 7.05 Å². The van der Waals surface area contributed by atoms with Crippen molar-refractivity contribution in [2.45, 2.75) is 38.0 Å². The molecular formula is C14H17FN2O3. The van der Waals surface area contributed by atoms with Crippen LogP contribution in [0, 0.1) is 15.9 Å². The number of carbonyl (C=O) groups excluding carboxylic acids is 1. The molecule has 0 aliphatic heterocycles. The normalized spacial score (nSPS) is 15.9. The third kappa shape index (κ3) is 2.64. The molecule has 1 N–H and O–H groups in total. The summed E-state index contributed by atoms with van der Waals surface area (Å²) in [4.78, 5) is 22.4. The van der Waals surface area contributed by atoms with Gasteiger partial charge in [0.1, 0.15) is 0 Å². The lowest BCUT2D eigenvalue weighted by atomic mass is 9.81. The first-order valence-electron chi connectivity index (χ1n) is 6.75. The Morgan fingerprint density at radius 2 is 2.00 bits per heavy atom. The van der Waals surface area contributed by atoms with Crippen molar-refractivity contribution in [3.63, 3.8) is 0 Å². The van der Waals surface area contributed by atoms with Gasteiger partial charge in [-0.05, 0) is 30.9 Å². The number of amides is 1. The minimum Gasteiger partial charge on any atom is -0.355 e. The van der Waals surface area contributed by atoms with Crippen LogP contribution in [0.2, 0.25) is 0 Å². The predicted octanol–water partition coefficient (Wildman–Crippen LogP) is 3.14. The first-order chi connectivity index (χ1) is 9.56. The Labute approximate surface area is 116 Å². The molecule has 1 fully saturated rings. The molecule has 108 valence electrons. The summed E-state index contributed by atoms with van der Waals surface area (Å²) in [5.41, 5.74) is -0.0699. The highest BCUT2D eigenvalue weighted by Gasteiger charge is 2.32. The van der Waals surface area contributed by atoms with Gasteiger partial charge in [0.05, 0.1) is 4.92 Å². The van der Waals surface area contributed by atoms with Gasteiger partial charge in [0.2, 0.25) is 5.82 Å². The summed E-state index contributed by atoms with van der Waals surface area (Å²) < 4.78 is 13.8. The highest BCUT2D eigenvalue weighted by Crippen LogP contribution is 2.40. The lowest BCUT2D eigenvalue weighted by Crippen LogP contribution is -2.22. The van der Waals surface area contributed by atoms with Crippen LogP contribution in [0.4, 0.5) is 10.1 Å². The molecule has 1 aliphatic rings. The standard InChI is InChI=1S/C14H17FN2O3/c1-16-14(18)10-7-8-11(15)13(17(19)20)12(10)9-5-3-2-4-6-9/h7-9H,2-6H2,1H3,(H,16,18). The Hall–Kier alpha value is -1.98. The van der Waals surface area contributed by atoms with Gasteiger partial charge in [-0.3, -0.25) is 14.9 Å². The number of nitro groups is 1. The van der Waals surface area contributed by atoms with Gasteiger partial charge in [-0.2, -0.15) is 4.39 Å².